The number of nitrogens with zero attached hydrogens (tertiary/aromatic N) is 2. The number of aliphatic hydroxyl groups is 1. The lowest BCUT2D eigenvalue weighted by molar-refractivity contribution is 0.0546. The molecule has 0 radical (unpaired) electrons. The number of ether oxygens (including phenoxy) is 2. The highest BCUT2D eigenvalue weighted by molar-refractivity contribution is 5.44. The summed E-state index contributed by atoms with van der Waals surface area (Å²) in [5.74, 6) is 2.36. The molecule has 2 unspecified atom stereocenters. The van der Waals surface area contributed by atoms with E-state index in [1.54, 1.807) is 13.8 Å². The number of benzene rings is 1. The minimum Gasteiger partial charge on any atom is -0.478 e. The zero-order valence-corrected chi connectivity index (χ0v) is 22.0. The first-order chi connectivity index (χ1) is 17.2. The van der Waals surface area contributed by atoms with Crippen molar-refractivity contribution in [2.24, 2.45) is 5.92 Å². The zero-order valence-electron chi connectivity index (χ0n) is 22.0. The Balaban J connectivity index is 1.30. The number of hydrogen-bond donors (Lipinski definition) is 1. The average molecular weight is 487 g/mol. The van der Waals surface area contributed by atoms with Crippen LogP contribution < -0.4 is 9.47 Å². The fraction of sp³-hybridized carbons (Fsp3) is 0.484. The van der Waals surface area contributed by atoms with E-state index < -0.39 is 5.60 Å². The van der Waals surface area contributed by atoms with Gasteiger partial charge in [-0.25, -0.2) is 9.97 Å². The molecular formula is C31H38N2O3. The number of aromatic nitrogens is 2. The van der Waals surface area contributed by atoms with Crippen molar-refractivity contribution < 1.29 is 14.6 Å². The van der Waals surface area contributed by atoms with Crippen LogP contribution >= 0.6 is 0 Å². The van der Waals surface area contributed by atoms with Gasteiger partial charge in [-0.3, -0.25) is 0 Å². The molecule has 5 rings (SSSR count). The summed E-state index contributed by atoms with van der Waals surface area (Å²) >= 11 is 0. The van der Waals surface area contributed by atoms with Gasteiger partial charge >= 0.3 is 0 Å². The molecule has 3 aromatic rings. The highest BCUT2D eigenvalue weighted by Crippen LogP contribution is 2.39. The van der Waals surface area contributed by atoms with Crippen LogP contribution in [-0.4, -0.2) is 27.3 Å². The van der Waals surface area contributed by atoms with E-state index >= 15 is 0 Å². The van der Waals surface area contributed by atoms with Crippen LogP contribution in [0.5, 0.6) is 11.8 Å². The summed E-state index contributed by atoms with van der Waals surface area (Å²) in [6.07, 6.45) is 8.20. The molecule has 1 aromatic carbocycles. The summed E-state index contributed by atoms with van der Waals surface area (Å²) in [7, 11) is 0. The molecule has 1 N–H and O–H groups in total. The summed E-state index contributed by atoms with van der Waals surface area (Å²) in [4.78, 5) is 9.28. The van der Waals surface area contributed by atoms with E-state index in [0.29, 0.717) is 37.4 Å². The van der Waals surface area contributed by atoms with Gasteiger partial charge in [0.25, 0.3) is 0 Å². The van der Waals surface area contributed by atoms with Gasteiger partial charge in [0.2, 0.25) is 11.8 Å². The fourth-order valence-corrected chi connectivity index (χ4v) is 5.60. The third-order valence-corrected chi connectivity index (χ3v) is 7.55. The molecule has 2 aromatic heterocycles. The van der Waals surface area contributed by atoms with E-state index in [1.807, 2.05) is 12.3 Å². The molecule has 190 valence electrons. The van der Waals surface area contributed by atoms with Crippen LogP contribution in [0.15, 0.2) is 42.6 Å². The molecule has 36 heavy (non-hydrogen) atoms. The SMILES string of the molecule is Cc1nc(OCCC(C)(C)O)ccc1C1CCCc2ccc(COc3cc4c(cn3)CC(C)C4)cc21. The Morgan fingerprint density at radius 3 is 2.61 bits per heavy atom. The summed E-state index contributed by atoms with van der Waals surface area (Å²) in [6.45, 7) is 8.91. The van der Waals surface area contributed by atoms with Gasteiger partial charge in [0.1, 0.15) is 6.61 Å². The molecule has 0 spiro atoms. The monoisotopic (exact) mass is 486 g/mol. The smallest absolute Gasteiger partial charge is 0.213 e. The van der Waals surface area contributed by atoms with E-state index in [2.05, 4.69) is 49.2 Å². The first kappa shape index (κ1) is 24.8. The zero-order chi connectivity index (χ0) is 25.3. The van der Waals surface area contributed by atoms with Crippen molar-refractivity contribution in [2.75, 3.05) is 6.61 Å². The third-order valence-electron chi connectivity index (χ3n) is 7.55. The second-order valence-electron chi connectivity index (χ2n) is 11.3. The predicted molar refractivity (Wildman–Crippen MR) is 142 cm³/mol. The number of aryl methyl sites for hydroxylation is 2. The van der Waals surface area contributed by atoms with Crippen LogP contribution in [0.3, 0.4) is 0 Å². The van der Waals surface area contributed by atoms with Gasteiger partial charge in [-0.05, 0) is 92.2 Å². The van der Waals surface area contributed by atoms with E-state index in [0.717, 1.165) is 37.3 Å². The van der Waals surface area contributed by atoms with Crippen molar-refractivity contribution in [2.45, 2.75) is 84.3 Å². The largest absolute Gasteiger partial charge is 0.478 e. The van der Waals surface area contributed by atoms with Crippen molar-refractivity contribution in [3.05, 3.63) is 81.7 Å². The third kappa shape index (κ3) is 5.73. The Bertz CT molecular complexity index is 1230. The Labute approximate surface area is 214 Å². The highest BCUT2D eigenvalue weighted by atomic mass is 16.5. The molecule has 0 saturated heterocycles. The molecule has 2 aliphatic rings. The van der Waals surface area contributed by atoms with Gasteiger partial charge in [0.15, 0.2) is 0 Å². The summed E-state index contributed by atoms with van der Waals surface area (Å²) in [5.41, 5.74) is 8.26. The Hall–Kier alpha value is -2.92. The maximum Gasteiger partial charge on any atom is 0.213 e. The molecule has 0 saturated carbocycles. The van der Waals surface area contributed by atoms with Crippen molar-refractivity contribution in [3.8, 4) is 11.8 Å². The molecule has 0 aliphatic heterocycles. The van der Waals surface area contributed by atoms with Gasteiger partial charge in [0.05, 0.1) is 12.2 Å². The lowest BCUT2D eigenvalue weighted by atomic mass is 9.78. The van der Waals surface area contributed by atoms with E-state index in [4.69, 9.17) is 14.5 Å². The quantitative estimate of drug-likeness (QED) is 0.416. The van der Waals surface area contributed by atoms with Crippen molar-refractivity contribution in [1.29, 1.82) is 0 Å². The van der Waals surface area contributed by atoms with Gasteiger partial charge in [-0.15, -0.1) is 0 Å². The molecular weight excluding hydrogens is 448 g/mol. The number of fused-ring (bicyclic) bond motifs is 2. The molecule has 5 nitrogen and oxygen atoms in total. The lowest BCUT2D eigenvalue weighted by Crippen LogP contribution is -2.22. The lowest BCUT2D eigenvalue weighted by Gasteiger charge is -2.27. The van der Waals surface area contributed by atoms with Crippen molar-refractivity contribution in [1.82, 2.24) is 9.97 Å². The fourth-order valence-electron chi connectivity index (χ4n) is 5.60. The average Bonchev–Trinajstić information content (AvgIpc) is 3.21. The summed E-state index contributed by atoms with van der Waals surface area (Å²) < 4.78 is 11.9. The molecule has 0 bridgehead atoms. The van der Waals surface area contributed by atoms with Crippen LogP contribution in [0.1, 0.15) is 85.0 Å². The van der Waals surface area contributed by atoms with Crippen LogP contribution in [-0.2, 0) is 25.9 Å². The second kappa shape index (κ2) is 10.2. The number of rotatable bonds is 8. The first-order valence-corrected chi connectivity index (χ1v) is 13.3. The van der Waals surface area contributed by atoms with E-state index in [1.165, 1.54) is 39.8 Å². The molecule has 2 aliphatic carbocycles. The van der Waals surface area contributed by atoms with Crippen molar-refractivity contribution in [3.63, 3.8) is 0 Å². The molecule has 2 heterocycles. The minimum atomic E-state index is -0.739. The van der Waals surface area contributed by atoms with Crippen LogP contribution in [0.2, 0.25) is 0 Å². The van der Waals surface area contributed by atoms with Gasteiger partial charge in [-0.1, -0.05) is 31.2 Å². The normalized spacial score (nSPS) is 19.0. The molecule has 0 amide bonds. The predicted octanol–water partition coefficient (Wildman–Crippen LogP) is 6.11. The van der Waals surface area contributed by atoms with Crippen molar-refractivity contribution >= 4 is 0 Å². The van der Waals surface area contributed by atoms with E-state index in [-0.39, 0.29) is 0 Å². The van der Waals surface area contributed by atoms with Gasteiger partial charge in [-0.2, -0.15) is 0 Å². The number of hydrogen-bond acceptors (Lipinski definition) is 5. The van der Waals surface area contributed by atoms with Gasteiger partial charge < -0.3 is 14.6 Å². The number of pyridine rings is 2. The minimum absolute atomic E-state index is 0.325. The topological polar surface area (TPSA) is 64.5 Å². The first-order valence-electron chi connectivity index (χ1n) is 13.3. The Morgan fingerprint density at radius 1 is 0.972 bits per heavy atom. The van der Waals surface area contributed by atoms with E-state index in [9.17, 15) is 5.11 Å². The summed E-state index contributed by atoms with van der Waals surface area (Å²) in [6, 6.07) is 13.0. The Kier molecular flexibility index (Phi) is 7.03. The maximum atomic E-state index is 9.92. The molecule has 2 atom stereocenters. The van der Waals surface area contributed by atoms with Crippen LogP contribution in [0.25, 0.3) is 0 Å². The van der Waals surface area contributed by atoms with Crippen LogP contribution in [0, 0.1) is 12.8 Å². The maximum absolute atomic E-state index is 9.92. The molecule has 0 fully saturated rings. The summed E-state index contributed by atoms with van der Waals surface area (Å²) in [5, 5.41) is 9.92. The standard InChI is InChI=1S/C31H38N2O3/c1-20-14-24-17-30(32-18-25(24)15-20)36-19-22-8-9-23-6-5-7-27(28(23)16-22)26-10-11-29(33-21(26)2)35-13-12-31(3,4)34/h8-11,16-18,20,27,34H,5-7,12-15,19H2,1-4H3. The van der Waals surface area contributed by atoms with Gasteiger partial charge in [0, 0.05) is 36.4 Å². The second-order valence-corrected chi connectivity index (χ2v) is 11.3. The highest BCUT2D eigenvalue weighted by Gasteiger charge is 2.25. The molecule has 5 heteroatoms. The Morgan fingerprint density at radius 2 is 1.81 bits per heavy atom. The van der Waals surface area contributed by atoms with Crippen LogP contribution in [0.4, 0.5) is 0 Å².